The number of aliphatic hydroxyl groups excluding tert-OH is 1. The molecule has 2 rings (SSSR count). The lowest BCUT2D eigenvalue weighted by atomic mass is 9.72. The van der Waals surface area contributed by atoms with Gasteiger partial charge in [0.25, 0.3) is 0 Å². The fourth-order valence-corrected chi connectivity index (χ4v) is 6.35. The van der Waals surface area contributed by atoms with Crippen LogP contribution in [-0.2, 0) is 28.7 Å². The van der Waals surface area contributed by atoms with Crippen LogP contribution >= 0.6 is 0 Å². The third kappa shape index (κ3) is 15.2. The summed E-state index contributed by atoms with van der Waals surface area (Å²) in [5.41, 5.74) is 9.05. The van der Waals surface area contributed by atoms with Crippen LogP contribution in [-0.4, -0.2) is 35.1 Å². The molecule has 51 heavy (non-hydrogen) atoms. The topological polar surface area (TPSA) is 107 Å². The van der Waals surface area contributed by atoms with E-state index in [1.807, 2.05) is 26.0 Å². The molecule has 0 bridgehead atoms. The molecule has 0 fully saturated rings. The molecule has 2 aliphatic carbocycles. The zero-order valence-corrected chi connectivity index (χ0v) is 32.4. The maximum absolute atomic E-state index is 12.2. The molecule has 0 aromatic carbocycles. The molecule has 0 heterocycles. The first-order chi connectivity index (χ1) is 23.8. The summed E-state index contributed by atoms with van der Waals surface area (Å²) in [6.45, 7) is 20.8. The van der Waals surface area contributed by atoms with Crippen LogP contribution in [0.5, 0.6) is 0 Å². The Morgan fingerprint density at radius 3 is 1.49 bits per heavy atom. The Morgan fingerprint density at radius 1 is 0.667 bits per heavy atom. The summed E-state index contributed by atoms with van der Waals surface area (Å²) >= 11 is 0. The minimum absolute atomic E-state index is 0.158. The molecule has 2 aliphatic rings. The van der Waals surface area contributed by atoms with Crippen LogP contribution in [0.2, 0.25) is 0 Å². The van der Waals surface area contributed by atoms with E-state index < -0.39 is 36.4 Å². The molecule has 0 amide bonds. The van der Waals surface area contributed by atoms with E-state index in [-0.39, 0.29) is 10.8 Å². The van der Waals surface area contributed by atoms with Gasteiger partial charge in [-0.15, -0.1) is 0 Å². The van der Waals surface area contributed by atoms with E-state index in [2.05, 4.69) is 70.6 Å². The molecule has 0 saturated carbocycles. The fourth-order valence-electron chi connectivity index (χ4n) is 6.35. The molecule has 0 spiro atoms. The highest BCUT2D eigenvalue weighted by atomic mass is 16.6. The number of rotatable bonds is 13. The fraction of sp³-hybridized carbons (Fsp3) is 0.455. The van der Waals surface area contributed by atoms with Crippen LogP contribution < -0.4 is 0 Å². The van der Waals surface area contributed by atoms with Gasteiger partial charge in [0.15, 0.2) is 6.10 Å². The van der Waals surface area contributed by atoms with Crippen molar-refractivity contribution >= 4 is 23.9 Å². The van der Waals surface area contributed by atoms with Gasteiger partial charge in [0.05, 0.1) is 6.42 Å². The Morgan fingerprint density at radius 2 is 1.08 bits per heavy atom. The van der Waals surface area contributed by atoms with Gasteiger partial charge in [-0.1, -0.05) is 111 Å². The Hall–Kier alpha value is -4.36. The van der Waals surface area contributed by atoms with Crippen molar-refractivity contribution in [3.8, 4) is 0 Å². The number of esters is 4. The number of carbonyl (C=O) groups is 4. The number of ether oxygens (including phenoxy) is 2. The second-order valence-corrected chi connectivity index (χ2v) is 15.1. The molecule has 7 heteroatoms. The van der Waals surface area contributed by atoms with Crippen molar-refractivity contribution in [2.45, 2.75) is 120 Å². The molecule has 0 aromatic heterocycles. The molecular formula is C44H58O7. The van der Waals surface area contributed by atoms with Gasteiger partial charge in [-0.2, -0.15) is 0 Å². The van der Waals surface area contributed by atoms with Crippen molar-refractivity contribution in [1.82, 2.24) is 0 Å². The molecule has 1 atom stereocenters. The van der Waals surface area contributed by atoms with Gasteiger partial charge in [-0.05, 0) is 113 Å². The highest BCUT2D eigenvalue weighted by molar-refractivity contribution is 5.97. The predicted molar refractivity (Wildman–Crippen MR) is 205 cm³/mol. The minimum atomic E-state index is -1.98. The average molecular weight is 699 g/mol. The highest BCUT2D eigenvalue weighted by Gasteiger charge is 2.28. The quantitative estimate of drug-likeness (QED) is 0.0883. The highest BCUT2D eigenvalue weighted by Crippen LogP contribution is 2.41. The summed E-state index contributed by atoms with van der Waals surface area (Å²) in [7, 11) is 0. The number of hydrogen-bond donors (Lipinski definition) is 1. The molecule has 1 unspecified atom stereocenters. The standard InChI is InChI=1S/C44H58O7/c1-30(21-23-36-34(5)19-13-25-43(36,7)8)15-11-17-32(3)27-39(46)50-41(48)29-38(45)42(49)51-40(47)28-33(4)18-12-16-31(2)22-24-37-35(6)20-14-26-44(37,9)10/h11-12,15-18,21-24,27-28,38,45H,13-14,19-20,25-26,29H2,1-10H3/b17-11+,18-12+,23-21+,24-22+,30-15+,31-16+,32-27+,33-28+. The van der Waals surface area contributed by atoms with Gasteiger partial charge >= 0.3 is 23.9 Å². The second kappa shape index (κ2) is 19.9. The van der Waals surface area contributed by atoms with E-state index in [9.17, 15) is 24.3 Å². The van der Waals surface area contributed by atoms with Crippen LogP contribution in [0.15, 0.2) is 117 Å². The lowest BCUT2D eigenvalue weighted by Crippen LogP contribution is -2.29. The van der Waals surface area contributed by atoms with Crippen LogP contribution in [0.25, 0.3) is 0 Å². The van der Waals surface area contributed by atoms with Gasteiger partial charge in [0, 0.05) is 12.2 Å². The van der Waals surface area contributed by atoms with E-state index in [0.29, 0.717) is 11.1 Å². The van der Waals surface area contributed by atoms with Crippen LogP contribution in [0.4, 0.5) is 0 Å². The Bertz CT molecular complexity index is 1640. The van der Waals surface area contributed by atoms with E-state index in [0.717, 1.165) is 36.1 Å². The Kier molecular flexibility index (Phi) is 16.7. The van der Waals surface area contributed by atoms with E-state index in [4.69, 9.17) is 4.74 Å². The molecule has 1 N–H and O–H groups in total. The summed E-state index contributed by atoms with van der Waals surface area (Å²) in [5, 5.41) is 10.1. The average Bonchev–Trinajstić information content (AvgIpc) is 2.99. The third-order valence-corrected chi connectivity index (χ3v) is 9.29. The summed E-state index contributed by atoms with van der Waals surface area (Å²) in [5.74, 6) is -4.40. The molecule has 0 aliphatic heterocycles. The molecule has 7 nitrogen and oxygen atoms in total. The number of allylic oxidation sites excluding steroid dienone is 18. The minimum Gasteiger partial charge on any atom is -0.390 e. The molecule has 0 aromatic rings. The van der Waals surface area contributed by atoms with Crippen LogP contribution in [0.3, 0.4) is 0 Å². The van der Waals surface area contributed by atoms with Crippen molar-refractivity contribution < 1.29 is 33.8 Å². The second-order valence-electron chi connectivity index (χ2n) is 15.1. The van der Waals surface area contributed by atoms with E-state index >= 15 is 0 Å². The number of carbonyl (C=O) groups excluding carboxylic acids is 4. The lowest BCUT2D eigenvalue weighted by molar-refractivity contribution is -0.168. The first-order valence-electron chi connectivity index (χ1n) is 17.8. The number of aliphatic hydroxyl groups is 1. The summed E-state index contributed by atoms with van der Waals surface area (Å²) < 4.78 is 9.35. The Balaban J connectivity index is 1.83. The zero-order chi connectivity index (χ0) is 38.4. The molecule has 276 valence electrons. The monoisotopic (exact) mass is 698 g/mol. The smallest absolute Gasteiger partial charge is 0.343 e. The van der Waals surface area contributed by atoms with Gasteiger partial charge in [-0.25, -0.2) is 14.4 Å². The van der Waals surface area contributed by atoms with Crippen molar-refractivity contribution in [3.05, 3.63) is 117 Å². The van der Waals surface area contributed by atoms with Gasteiger partial charge in [0.2, 0.25) is 0 Å². The molecule has 0 saturated heterocycles. The van der Waals surface area contributed by atoms with Crippen molar-refractivity contribution in [1.29, 1.82) is 0 Å². The van der Waals surface area contributed by atoms with Gasteiger partial charge in [0.1, 0.15) is 0 Å². The molecule has 0 radical (unpaired) electrons. The van der Waals surface area contributed by atoms with Gasteiger partial charge in [-0.3, -0.25) is 4.79 Å². The van der Waals surface area contributed by atoms with Crippen LogP contribution in [0.1, 0.15) is 114 Å². The van der Waals surface area contributed by atoms with Crippen molar-refractivity contribution in [2.24, 2.45) is 10.8 Å². The maximum atomic E-state index is 12.2. The van der Waals surface area contributed by atoms with Crippen molar-refractivity contribution in [3.63, 3.8) is 0 Å². The summed E-state index contributed by atoms with van der Waals surface area (Å²) in [4.78, 5) is 48.7. The van der Waals surface area contributed by atoms with Crippen molar-refractivity contribution in [2.75, 3.05) is 0 Å². The maximum Gasteiger partial charge on any atom is 0.343 e. The third-order valence-electron chi connectivity index (χ3n) is 9.29. The Labute approximate surface area is 305 Å². The van der Waals surface area contributed by atoms with E-state index in [1.165, 1.54) is 48.0 Å². The first kappa shape index (κ1) is 42.8. The van der Waals surface area contributed by atoms with Crippen LogP contribution in [0, 0.1) is 10.8 Å². The largest absolute Gasteiger partial charge is 0.390 e. The number of hydrogen-bond acceptors (Lipinski definition) is 7. The zero-order valence-electron chi connectivity index (χ0n) is 32.4. The first-order valence-corrected chi connectivity index (χ1v) is 17.8. The summed E-state index contributed by atoms with van der Waals surface area (Å²) in [6.07, 6.45) is 25.7. The van der Waals surface area contributed by atoms with Gasteiger partial charge < -0.3 is 14.6 Å². The normalized spacial score (nSPS) is 19.8. The predicted octanol–water partition coefficient (Wildman–Crippen LogP) is 9.94. The molecular weight excluding hydrogens is 640 g/mol. The van der Waals surface area contributed by atoms with E-state index in [1.54, 1.807) is 38.2 Å². The SMILES string of the molecule is CC1=C(/C=C/C(C)=C/C=C/C(C)=C/C(=O)OC(=O)CC(O)C(=O)OC(=O)/C=C(C)/C=C/C=C(C)/C=C/C2=C(C)CCCC2(C)C)C(C)(C)CCC1. The lowest BCUT2D eigenvalue weighted by Gasteiger charge is -2.33. The summed E-state index contributed by atoms with van der Waals surface area (Å²) in [6, 6.07) is 0.